The van der Waals surface area contributed by atoms with Gasteiger partial charge >= 0.3 is 6.03 Å². The molecule has 3 heterocycles. The molecule has 0 bridgehead atoms. The smallest absolute Gasteiger partial charge is 0.325 e. The summed E-state index contributed by atoms with van der Waals surface area (Å²) in [5.41, 5.74) is -0.594. The maximum atomic E-state index is 13.1. The molecule has 1 fully saturated rings. The van der Waals surface area contributed by atoms with Gasteiger partial charge < -0.3 is 19.2 Å². The summed E-state index contributed by atoms with van der Waals surface area (Å²) >= 11 is 0. The van der Waals surface area contributed by atoms with Crippen molar-refractivity contribution in [2.75, 3.05) is 13.2 Å². The lowest BCUT2D eigenvalue weighted by Gasteiger charge is -2.28. The third-order valence-corrected chi connectivity index (χ3v) is 5.15. The molecular formula is C21H18N2O5. The Morgan fingerprint density at radius 2 is 1.86 bits per heavy atom. The first-order valence-electron chi connectivity index (χ1n) is 9.06. The highest BCUT2D eigenvalue weighted by Gasteiger charge is 2.52. The molecule has 2 aliphatic rings. The van der Waals surface area contributed by atoms with Gasteiger partial charge in [-0.2, -0.15) is 0 Å². The van der Waals surface area contributed by atoms with E-state index < -0.39 is 17.7 Å². The van der Waals surface area contributed by atoms with Gasteiger partial charge in [0.15, 0.2) is 23.1 Å². The lowest BCUT2D eigenvalue weighted by Crippen LogP contribution is -2.45. The number of urea groups is 1. The molecule has 1 N–H and O–H groups in total. The number of amides is 3. The molecule has 1 aromatic heterocycles. The van der Waals surface area contributed by atoms with E-state index in [1.165, 1.54) is 0 Å². The Bertz CT molecular complexity index is 1060. The second kappa shape index (κ2) is 6.02. The van der Waals surface area contributed by atoms with Gasteiger partial charge in [0, 0.05) is 5.39 Å². The van der Waals surface area contributed by atoms with Gasteiger partial charge in [-0.05, 0) is 31.2 Å². The zero-order valence-electron chi connectivity index (χ0n) is 15.2. The van der Waals surface area contributed by atoms with E-state index in [9.17, 15) is 9.59 Å². The lowest BCUT2D eigenvalue weighted by molar-refractivity contribution is -0.132. The van der Waals surface area contributed by atoms with E-state index in [1.807, 2.05) is 42.5 Å². The van der Waals surface area contributed by atoms with Crippen LogP contribution in [-0.4, -0.2) is 36.1 Å². The summed E-state index contributed by atoms with van der Waals surface area (Å²) in [6.45, 7) is 2.00. The van der Waals surface area contributed by atoms with Gasteiger partial charge in [0.1, 0.15) is 18.0 Å². The molecule has 2 aliphatic heterocycles. The van der Waals surface area contributed by atoms with Crippen LogP contribution in [0.5, 0.6) is 11.5 Å². The zero-order valence-corrected chi connectivity index (χ0v) is 15.2. The van der Waals surface area contributed by atoms with Crippen LogP contribution in [0.4, 0.5) is 4.79 Å². The van der Waals surface area contributed by atoms with Crippen molar-refractivity contribution in [3.05, 3.63) is 60.4 Å². The first-order chi connectivity index (χ1) is 13.5. The molecule has 7 heteroatoms. The van der Waals surface area contributed by atoms with E-state index in [0.717, 1.165) is 10.3 Å². The standard InChI is InChI=1S/C21H18N2O5/c1-21(18-10-13-6-2-3-7-15(13)28-18)19(24)23(20(25)22-21)11-14-12-26-16-8-4-5-9-17(16)27-14/h2-10,14H,11-12H2,1H3,(H,22,25)/t14-,21+/m0/s1. The van der Waals surface area contributed by atoms with Crippen molar-refractivity contribution in [1.82, 2.24) is 10.2 Å². The predicted octanol–water partition coefficient (Wildman–Crippen LogP) is 3.04. The average Bonchev–Trinajstić information content (AvgIpc) is 3.24. The van der Waals surface area contributed by atoms with Gasteiger partial charge in [0.05, 0.1) is 6.54 Å². The molecule has 3 amide bonds. The summed E-state index contributed by atoms with van der Waals surface area (Å²) in [5, 5.41) is 3.64. The minimum Gasteiger partial charge on any atom is -0.486 e. The van der Waals surface area contributed by atoms with Crippen molar-refractivity contribution >= 4 is 22.9 Å². The average molecular weight is 378 g/mol. The second-order valence-electron chi connectivity index (χ2n) is 7.12. The first-order valence-corrected chi connectivity index (χ1v) is 9.06. The number of imide groups is 1. The van der Waals surface area contributed by atoms with E-state index in [0.29, 0.717) is 22.8 Å². The van der Waals surface area contributed by atoms with Crippen LogP contribution < -0.4 is 14.8 Å². The number of hydrogen-bond acceptors (Lipinski definition) is 5. The molecule has 3 aromatic rings. The Morgan fingerprint density at radius 3 is 2.68 bits per heavy atom. The van der Waals surface area contributed by atoms with Gasteiger partial charge in [-0.25, -0.2) is 4.79 Å². The number of carbonyl (C=O) groups is 2. The van der Waals surface area contributed by atoms with Crippen molar-refractivity contribution in [2.45, 2.75) is 18.6 Å². The highest BCUT2D eigenvalue weighted by Crippen LogP contribution is 2.35. The van der Waals surface area contributed by atoms with Crippen LogP contribution in [-0.2, 0) is 10.3 Å². The summed E-state index contributed by atoms with van der Waals surface area (Å²) in [6.07, 6.45) is -0.442. The van der Waals surface area contributed by atoms with Crippen LogP contribution in [0.15, 0.2) is 59.0 Å². The Labute approximate surface area is 160 Å². The number of nitrogens with one attached hydrogen (secondary N) is 1. The largest absolute Gasteiger partial charge is 0.486 e. The van der Waals surface area contributed by atoms with E-state index in [2.05, 4.69) is 5.32 Å². The number of benzene rings is 2. The Morgan fingerprint density at radius 1 is 1.11 bits per heavy atom. The van der Waals surface area contributed by atoms with Crippen molar-refractivity contribution in [2.24, 2.45) is 0 Å². The van der Waals surface area contributed by atoms with Crippen LogP contribution in [0.2, 0.25) is 0 Å². The molecule has 28 heavy (non-hydrogen) atoms. The summed E-state index contributed by atoms with van der Waals surface area (Å²) in [4.78, 5) is 26.8. The van der Waals surface area contributed by atoms with Crippen molar-refractivity contribution in [1.29, 1.82) is 0 Å². The monoisotopic (exact) mass is 378 g/mol. The van der Waals surface area contributed by atoms with E-state index >= 15 is 0 Å². The van der Waals surface area contributed by atoms with Crippen molar-refractivity contribution in [3.63, 3.8) is 0 Å². The quantitative estimate of drug-likeness (QED) is 0.709. The minimum atomic E-state index is -1.26. The third kappa shape index (κ3) is 2.51. The molecule has 1 saturated heterocycles. The van der Waals surface area contributed by atoms with Crippen molar-refractivity contribution < 1.29 is 23.5 Å². The Balaban J connectivity index is 1.38. The number of furan rings is 1. The number of carbonyl (C=O) groups excluding carboxylic acids is 2. The first kappa shape index (κ1) is 16.7. The molecule has 0 unspecified atom stereocenters. The van der Waals surface area contributed by atoms with Gasteiger partial charge in [0.2, 0.25) is 0 Å². The SMILES string of the molecule is C[C@]1(c2cc3ccccc3o2)NC(=O)N(C[C@H]2COc3ccccc3O2)C1=O. The Hall–Kier alpha value is -3.48. The van der Waals surface area contributed by atoms with Crippen LogP contribution in [0.25, 0.3) is 11.0 Å². The van der Waals surface area contributed by atoms with Crippen LogP contribution in [0.1, 0.15) is 12.7 Å². The minimum absolute atomic E-state index is 0.0921. The molecule has 0 radical (unpaired) electrons. The van der Waals surface area contributed by atoms with Gasteiger partial charge in [-0.15, -0.1) is 0 Å². The lowest BCUT2D eigenvalue weighted by atomic mass is 9.99. The summed E-state index contributed by atoms with van der Waals surface area (Å²) < 4.78 is 17.4. The van der Waals surface area contributed by atoms with Crippen LogP contribution >= 0.6 is 0 Å². The highest BCUT2D eigenvalue weighted by atomic mass is 16.6. The fourth-order valence-electron chi connectivity index (χ4n) is 3.61. The van der Waals surface area contributed by atoms with Crippen molar-refractivity contribution in [3.8, 4) is 11.5 Å². The summed E-state index contributed by atoms with van der Waals surface area (Å²) in [7, 11) is 0. The van der Waals surface area contributed by atoms with Gasteiger partial charge in [-0.1, -0.05) is 30.3 Å². The van der Waals surface area contributed by atoms with Gasteiger partial charge in [0.25, 0.3) is 5.91 Å². The predicted molar refractivity (Wildman–Crippen MR) is 100 cm³/mol. The number of hydrogen-bond donors (Lipinski definition) is 1. The molecule has 2 atom stereocenters. The number of ether oxygens (including phenoxy) is 2. The maximum Gasteiger partial charge on any atom is 0.325 e. The fourth-order valence-corrected chi connectivity index (χ4v) is 3.61. The number of rotatable bonds is 3. The molecule has 7 nitrogen and oxygen atoms in total. The fraction of sp³-hybridized carbons (Fsp3) is 0.238. The third-order valence-electron chi connectivity index (χ3n) is 5.15. The summed E-state index contributed by atoms with van der Waals surface area (Å²) in [6, 6.07) is 16.1. The highest BCUT2D eigenvalue weighted by molar-refractivity contribution is 6.07. The number of fused-ring (bicyclic) bond motifs is 2. The van der Waals surface area contributed by atoms with Gasteiger partial charge in [-0.3, -0.25) is 9.69 Å². The normalized spacial score (nSPS) is 23.9. The molecule has 0 saturated carbocycles. The molecule has 2 aromatic carbocycles. The molecule has 0 aliphatic carbocycles. The number of nitrogens with zero attached hydrogens (tertiary/aromatic N) is 1. The maximum absolute atomic E-state index is 13.1. The summed E-state index contributed by atoms with van der Waals surface area (Å²) in [5.74, 6) is 1.29. The molecule has 142 valence electrons. The van der Waals surface area contributed by atoms with Crippen LogP contribution in [0.3, 0.4) is 0 Å². The van der Waals surface area contributed by atoms with E-state index in [1.54, 1.807) is 19.1 Å². The second-order valence-corrected chi connectivity index (χ2v) is 7.12. The zero-order chi connectivity index (χ0) is 19.3. The molecular weight excluding hydrogens is 360 g/mol. The molecule has 5 rings (SSSR count). The van der Waals surface area contributed by atoms with E-state index in [-0.39, 0.29) is 19.1 Å². The topological polar surface area (TPSA) is 81.0 Å². The number of para-hydroxylation sites is 3. The van der Waals surface area contributed by atoms with E-state index in [4.69, 9.17) is 13.9 Å². The Kier molecular flexibility index (Phi) is 3.58. The molecule has 0 spiro atoms. The van der Waals surface area contributed by atoms with Crippen LogP contribution in [0, 0.1) is 0 Å².